The Kier molecular flexibility index (Phi) is 9.83. The fraction of sp³-hybridized carbons (Fsp3) is 0.103. The molecule has 0 fully saturated rings. The molecule has 0 bridgehead atoms. The highest BCUT2D eigenvalue weighted by atomic mass is 15.2. The Hall–Kier alpha value is -7.16. The maximum atomic E-state index is 2.45. The van der Waals surface area contributed by atoms with E-state index in [1.807, 2.05) is 0 Å². The van der Waals surface area contributed by atoms with E-state index in [9.17, 15) is 0 Å². The largest absolute Gasteiger partial charge is 0.314 e. The van der Waals surface area contributed by atoms with Gasteiger partial charge in [-0.1, -0.05) is 166 Å². The fourth-order valence-electron chi connectivity index (χ4n) is 9.39. The first-order valence-corrected chi connectivity index (χ1v) is 21.2. The summed E-state index contributed by atoms with van der Waals surface area (Å²) in [5, 5.41) is 0. The quantitative estimate of drug-likeness (QED) is 0.144. The van der Waals surface area contributed by atoms with Crippen molar-refractivity contribution < 1.29 is 0 Å². The van der Waals surface area contributed by atoms with Crippen molar-refractivity contribution in [3.05, 3.63) is 241 Å². The van der Waals surface area contributed by atoms with Crippen LogP contribution in [-0.2, 0) is 5.41 Å². The summed E-state index contributed by atoms with van der Waals surface area (Å²) in [6, 6.07) is 75.2. The summed E-state index contributed by atoms with van der Waals surface area (Å²) in [5.74, 6) is 0. The molecule has 2 aliphatic carbocycles. The van der Waals surface area contributed by atoms with E-state index in [-0.39, 0.29) is 5.41 Å². The molecule has 0 spiro atoms. The SMILES string of the molecule is CC1(C)c2ccccc2-c2ccc(N(c3ccc(-c4ccccc4)cc3)c3ccc(C4=CC=C(N(c5ccccc5)c5ccccc5)CCC4)c(-c4ccccc4)c3)cc21. The molecule has 0 amide bonds. The number of rotatable bonds is 9. The van der Waals surface area contributed by atoms with Crippen LogP contribution in [0.1, 0.15) is 49.8 Å². The molecule has 0 saturated heterocycles. The Morgan fingerprint density at radius 3 is 1.52 bits per heavy atom. The fourth-order valence-corrected chi connectivity index (χ4v) is 9.39. The summed E-state index contributed by atoms with van der Waals surface area (Å²) in [4.78, 5) is 4.86. The number of allylic oxidation sites excluding steroid dienone is 4. The van der Waals surface area contributed by atoms with Crippen molar-refractivity contribution in [2.45, 2.75) is 38.5 Å². The molecule has 60 heavy (non-hydrogen) atoms. The van der Waals surface area contributed by atoms with Gasteiger partial charge in [-0.25, -0.2) is 0 Å². The molecule has 2 heteroatoms. The van der Waals surface area contributed by atoms with Gasteiger partial charge in [0.15, 0.2) is 0 Å². The molecule has 0 saturated carbocycles. The Bertz CT molecular complexity index is 2800. The first kappa shape index (κ1) is 37.1. The van der Waals surface area contributed by atoms with Crippen molar-refractivity contribution in [3.8, 4) is 33.4 Å². The van der Waals surface area contributed by atoms with Gasteiger partial charge in [0.1, 0.15) is 0 Å². The predicted octanol–water partition coefficient (Wildman–Crippen LogP) is 16.1. The third-order valence-electron chi connectivity index (χ3n) is 12.4. The molecule has 0 atom stereocenters. The minimum Gasteiger partial charge on any atom is -0.314 e. The molecule has 8 aromatic rings. The van der Waals surface area contributed by atoms with Crippen LogP contribution in [-0.4, -0.2) is 0 Å². The molecule has 2 nitrogen and oxygen atoms in total. The van der Waals surface area contributed by atoms with Gasteiger partial charge in [0.25, 0.3) is 0 Å². The van der Waals surface area contributed by atoms with E-state index in [0.717, 1.165) is 36.3 Å². The van der Waals surface area contributed by atoms with Crippen LogP contribution >= 0.6 is 0 Å². The highest BCUT2D eigenvalue weighted by Crippen LogP contribution is 2.51. The number of para-hydroxylation sites is 2. The predicted molar refractivity (Wildman–Crippen MR) is 254 cm³/mol. The highest BCUT2D eigenvalue weighted by Gasteiger charge is 2.36. The Balaban J connectivity index is 1.10. The normalized spacial score (nSPS) is 14.0. The van der Waals surface area contributed by atoms with Crippen LogP contribution in [0.5, 0.6) is 0 Å². The second-order valence-corrected chi connectivity index (χ2v) is 16.5. The van der Waals surface area contributed by atoms with Crippen molar-refractivity contribution in [1.29, 1.82) is 0 Å². The molecular weight excluding hydrogens is 725 g/mol. The van der Waals surface area contributed by atoms with E-state index in [4.69, 9.17) is 0 Å². The molecule has 0 aromatic heterocycles. The highest BCUT2D eigenvalue weighted by molar-refractivity contribution is 5.90. The van der Waals surface area contributed by atoms with Gasteiger partial charge in [0.05, 0.1) is 0 Å². The summed E-state index contributed by atoms with van der Waals surface area (Å²) in [5.41, 5.74) is 19.8. The van der Waals surface area contributed by atoms with Crippen LogP contribution in [0.4, 0.5) is 28.4 Å². The minimum absolute atomic E-state index is 0.112. The number of anilines is 5. The number of nitrogens with zero attached hydrogens (tertiary/aromatic N) is 2. The van der Waals surface area contributed by atoms with Crippen LogP contribution in [0.2, 0.25) is 0 Å². The van der Waals surface area contributed by atoms with E-state index >= 15 is 0 Å². The van der Waals surface area contributed by atoms with Gasteiger partial charge < -0.3 is 9.80 Å². The topological polar surface area (TPSA) is 6.48 Å². The molecule has 8 aromatic carbocycles. The van der Waals surface area contributed by atoms with Gasteiger partial charge in [0, 0.05) is 39.5 Å². The summed E-state index contributed by atoms with van der Waals surface area (Å²) >= 11 is 0. The van der Waals surface area contributed by atoms with Crippen molar-refractivity contribution in [2.75, 3.05) is 9.80 Å². The average Bonchev–Trinajstić information content (AvgIpc) is 3.41. The van der Waals surface area contributed by atoms with Crippen LogP contribution in [0.15, 0.2) is 224 Å². The first-order valence-electron chi connectivity index (χ1n) is 21.2. The smallest absolute Gasteiger partial charge is 0.0468 e. The van der Waals surface area contributed by atoms with Gasteiger partial charge in [-0.15, -0.1) is 0 Å². The zero-order valence-electron chi connectivity index (χ0n) is 34.3. The van der Waals surface area contributed by atoms with Crippen molar-refractivity contribution in [1.82, 2.24) is 0 Å². The third-order valence-corrected chi connectivity index (χ3v) is 12.4. The summed E-state index contributed by atoms with van der Waals surface area (Å²) in [7, 11) is 0. The lowest BCUT2D eigenvalue weighted by atomic mass is 9.82. The Morgan fingerprint density at radius 1 is 0.350 bits per heavy atom. The summed E-state index contributed by atoms with van der Waals surface area (Å²) < 4.78 is 0. The number of benzene rings is 8. The molecule has 0 heterocycles. The third kappa shape index (κ3) is 6.95. The van der Waals surface area contributed by atoms with Crippen LogP contribution in [0.25, 0.3) is 39.0 Å². The van der Waals surface area contributed by atoms with E-state index in [0.29, 0.717) is 0 Å². The van der Waals surface area contributed by atoms with E-state index in [1.165, 1.54) is 72.7 Å². The van der Waals surface area contributed by atoms with E-state index in [2.05, 4.69) is 242 Å². The minimum atomic E-state index is -0.112. The number of hydrogen-bond donors (Lipinski definition) is 0. The standard InChI is InChI=1S/C58H48N2/c1-58(2)56-29-16-15-28-53(56)54-39-37-51(41-57(54)58)60(49-33-30-43(31-34-49)42-18-7-3-8-19-42)50-36-38-52(55(40-50)44-20-9-4-10-21-44)45-22-17-27-48(35-32-45)59(46-23-11-5-12-24-46)47-25-13-6-14-26-47/h3-16,18-21,23-26,28-41H,17,22,27H2,1-2H3. The Labute approximate surface area is 355 Å². The van der Waals surface area contributed by atoms with Gasteiger partial charge in [-0.3, -0.25) is 0 Å². The van der Waals surface area contributed by atoms with Crippen molar-refractivity contribution >= 4 is 34.0 Å². The van der Waals surface area contributed by atoms with Gasteiger partial charge in [-0.2, -0.15) is 0 Å². The molecule has 0 radical (unpaired) electrons. The van der Waals surface area contributed by atoms with Crippen LogP contribution in [0, 0.1) is 0 Å². The lowest BCUT2D eigenvalue weighted by molar-refractivity contribution is 0.660. The van der Waals surface area contributed by atoms with Gasteiger partial charge in [0.2, 0.25) is 0 Å². The van der Waals surface area contributed by atoms with Crippen molar-refractivity contribution in [2.24, 2.45) is 0 Å². The summed E-state index contributed by atoms with van der Waals surface area (Å²) in [6.45, 7) is 4.73. The van der Waals surface area contributed by atoms with Crippen LogP contribution in [0.3, 0.4) is 0 Å². The second-order valence-electron chi connectivity index (χ2n) is 16.5. The van der Waals surface area contributed by atoms with E-state index in [1.54, 1.807) is 0 Å². The second kappa shape index (κ2) is 15.9. The molecular formula is C58H48N2. The molecule has 2 aliphatic rings. The molecule has 0 aliphatic heterocycles. The van der Waals surface area contributed by atoms with Crippen LogP contribution < -0.4 is 9.80 Å². The lowest BCUT2D eigenvalue weighted by Crippen LogP contribution is -2.16. The van der Waals surface area contributed by atoms with E-state index < -0.39 is 0 Å². The molecule has 10 rings (SSSR count). The molecule has 0 N–H and O–H groups in total. The zero-order valence-corrected chi connectivity index (χ0v) is 34.3. The number of fused-ring (bicyclic) bond motifs is 3. The zero-order chi connectivity index (χ0) is 40.5. The van der Waals surface area contributed by atoms with Gasteiger partial charge >= 0.3 is 0 Å². The van der Waals surface area contributed by atoms with Gasteiger partial charge in [-0.05, 0) is 142 Å². The molecule has 0 unspecified atom stereocenters. The Morgan fingerprint density at radius 2 is 0.850 bits per heavy atom. The molecule has 290 valence electrons. The maximum Gasteiger partial charge on any atom is 0.0468 e. The maximum absolute atomic E-state index is 2.45. The lowest BCUT2D eigenvalue weighted by Gasteiger charge is -2.29. The monoisotopic (exact) mass is 772 g/mol. The average molecular weight is 773 g/mol. The number of hydrogen-bond acceptors (Lipinski definition) is 2. The van der Waals surface area contributed by atoms with Crippen molar-refractivity contribution in [3.63, 3.8) is 0 Å². The summed E-state index contributed by atoms with van der Waals surface area (Å²) in [6.07, 6.45) is 7.76. The first-order chi connectivity index (χ1) is 29.5.